The lowest BCUT2D eigenvalue weighted by Gasteiger charge is -2.17. The Bertz CT molecular complexity index is 776. The molecule has 25 heavy (non-hydrogen) atoms. The monoisotopic (exact) mass is 353 g/mol. The maximum absolute atomic E-state index is 13.1. The number of nitrogens with two attached hydrogens (primary N) is 1. The van der Waals surface area contributed by atoms with Crippen LogP contribution < -0.4 is 15.4 Å². The quantitative estimate of drug-likeness (QED) is 0.897. The van der Waals surface area contributed by atoms with E-state index in [-0.39, 0.29) is 11.5 Å². The van der Waals surface area contributed by atoms with Crippen molar-refractivity contribution >= 4 is 11.7 Å². The molecule has 0 aliphatic rings. The van der Waals surface area contributed by atoms with Gasteiger partial charge in [-0.3, -0.25) is 4.79 Å². The summed E-state index contributed by atoms with van der Waals surface area (Å²) in [6.45, 7) is 1.49. The van der Waals surface area contributed by atoms with Gasteiger partial charge in [0, 0.05) is 19.7 Å². The molecule has 1 amide bonds. The van der Waals surface area contributed by atoms with Gasteiger partial charge in [0.25, 0.3) is 5.91 Å². The second-order valence-electron chi connectivity index (χ2n) is 5.68. The first kappa shape index (κ1) is 18.6. The molecule has 134 valence electrons. The SMILES string of the molecule is CC(Oc1cccc(-c2cc(C(F)(F)F)cc(N(C)C)n2)c1)C(N)=O. The molecule has 1 aromatic heterocycles. The van der Waals surface area contributed by atoms with Crippen LogP contribution in [0.25, 0.3) is 11.3 Å². The summed E-state index contributed by atoms with van der Waals surface area (Å²) in [5.74, 6) is -0.145. The number of ether oxygens (including phenoxy) is 1. The van der Waals surface area contributed by atoms with Crippen molar-refractivity contribution in [3.8, 4) is 17.0 Å². The molecule has 0 bridgehead atoms. The lowest BCUT2D eigenvalue weighted by Crippen LogP contribution is -2.30. The number of aromatic nitrogens is 1. The molecule has 1 atom stereocenters. The van der Waals surface area contributed by atoms with Gasteiger partial charge in [0.2, 0.25) is 0 Å². The Morgan fingerprint density at radius 1 is 1.24 bits per heavy atom. The molecule has 0 saturated heterocycles. The van der Waals surface area contributed by atoms with Crippen LogP contribution in [0.2, 0.25) is 0 Å². The van der Waals surface area contributed by atoms with E-state index < -0.39 is 23.8 Å². The van der Waals surface area contributed by atoms with E-state index in [1.54, 1.807) is 32.3 Å². The van der Waals surface area contributed by atoms with Gasteiger partial charge in [0.15, 0.2) is 6.10 Å². The Hall–Kier alpha value is -2.77. The summed E-state index contributed by atoms with van der Waals surface area (Å²) in [6.07, 6.45) is -5.35. The van der Waals surface area contributed by atoms with Crippen molar-refractivity contribution in [3.05, 3.63) is 42.0 Å². The highest BCUT2D eigenvalue weighted by atomic mass is 19.4. The smallest absolute Gasteiger partial charge is 0.416 e. The maximum Gasteiger partial charge on any atom is 0.416 e. The van der Waals surface area contributed by atoms with Crippen LogP contribution in [-0.2, 0) is 11.0 Å². The molecular weight excluding hydrogens is 335 g/mol. The van der Waals surface area contributed by atoms with Gasteiger partial charge in [0.05, 0.1) is 11.3 Å². The number of halogens is 3. The molecule has 2 N–H and O–H groups in total. The second kappa shape index (κ2) is 7.00. The Kier molecular flexibility index (Phi) is 5.20. The molecule has 0 spiro atoms. The minimum absolute atomic E-state index is 0.149. The lowest BCUT2D eigenvalue weighted by molar-refractivity contribution is -0.137. The minimum atomic E-state index is -4.49. The summed E-state index contributed by atoms with van der Waals surface area (Å²) in [6, 6.07) is 8.28. The van der Waals surface area contributed by atoms with Crippen LogP contribution in [-0.4, -0.2) is 31.1 Å². The van der Waals surface area contributed by atoms with E-state index in [0.29, 0.717) is 11.3 Å². The Balaban J connectivity index is 2.47. The third-order valence-corrected chi connectivity index (χ3v) is 3.44. The Labute approximate surface area is 143 Å². The number of pyridine rings is 1. The number of nitrogens with zero attached hydrogens (tertiary/aromatic N) is 2. The number of hydrogen-bond acceptors (Lipinski definition) is 4. The fraction of sp³-hybridized carbons (Fsp3) is 0.294. The summed E-state index contributed by atoms with van der Waals surface area (Å²) >= 11 is 0. The number of amides is 1. The van der Waals surface area contributed by atoms with Crippen molar-refractivity contribution in [1.29, 1.82) is 0 Å². The first-order valence-electron chi connectivity index (χ1n) is 7.41. The molecule has 8 heteroatoms. The second-order valence-corrected chi connectivity index (χ2v) is 5.68. The summed E-state index contributed by atoms with van der Waals surface area (Å²) in [4.78, 5) is 16.8. The number of rotatable bonds is 5. The predicted octanol–water partition coefficient (Wildman–Crippen LogP) is 3.09. The fourth-order valence-corrected chi connectivity index (χ4v) is 2.05. The molecule has 0 fully saturated rings. The topological polar surface area (TPSA) is 68.4 Å². The Morgan fingerprint density at radius 3 is 2.48 bits per heavy atom. The van der Waals surface area contributed by atoms with Gasteiger partial charge >= 0.3 is 6.18 Å². The number of alkyl halides is 3. The van der Waals surface area contributed by atoms with Gasteiger partial charge in [-0.1, -0.05) is 12.1 Å². The molecule has 0 aliphatic carbocycles. The number of anilines is 1. The molecule has 2 aromatic rings. The normalized spacial score (nSPS) is 12.6. The summed E-state index contributed by atoms with van der Waals surface area (Å²) in [7, 11) is 3.22. The zero-order chi connectivity index (χ0) is 18.8. The molecule has 0 aliphatic heterocycles. The van der Waals surface area contributed by atoms with Crippen molar-refractivity contribution in [2.75, 3.05) is 19.0 Å². The lowest BCUT2D eigenvalue weighted by atomic mass is 10.1. The molecule has 2 rings (SSSR count). The van der Waals surface area contributed by atoms with Gasteiger partial charge < -0.3 is 15.4 Å². The van der Waals surface area contributed by atoms with Crippen LogP contribution in [0.4, 0.5) is 19.0 Å². The van der Waals surface area contributed by atoms with Crippen LogP contribution in [0, 0.1) is 0 Å². The van der Waals surface area contributed by atoms with Gasteiger partial charge in [-0.25, -0.2) is 4.98 Å². The van der Waals surface area contributed by atoms with Crippen molar-refractivity contribution in [2.24, 2.45) is 5.73 Å². The highest BCUT2D eigenvalue weighted by Gasteiger charge is 2.32. The number of benzene rings is 1. The minimum Gasteiger partial charge on any atom is -0.481 e. The fourth-order valence-electron chi connectivity index (χ4n) is 2.05. The average Bonchev–Trinajstić information content (AvgIpc) is 2.53. The number of hydrogen-bond donors (Lipinski definition) is 1. The number of carbonyl (C=O) groups excluding carboxylic acids is 1. The van der Waals surface area contributed by atoms with E-state index in [0.717, 1.165) is 12.1 Å². The van der Waals surface area contributed by atoms with Crippen LogP contribution in [0.15, 0.2) is 36.4 Å². The first-order chi connectivity index (χ1) is 11.6. The van der Waals surface area contributed by atoms with Gasteiger partial charge in [-0.05, 0) is 31.2 Å². The van der Waals surface area contributed by atoms with Crippen LogP contribution in [0.3, 0.4) is 0 Å². The first-order valence-corrected chi connectivity index (χ1v) is 7.41. The van der Waals surface area contributed by atoms with Crippen LogP contribution in [0.1, 0.15) is 12.5 Å². The molecule has 1 heterocycles. The largest absolute Gasteiger partial charge is 0.481 e. The van der Waals surface area contributed by atoms with E-state index in [1.165, 1.54) is 17.9 Å². The molecule has 0 radical (unpaired) electrons. The third-order valence-electron chi connectivity index (χ3n) is 3.44. The zero-order valence-corrected chi connectivity index (χ0v) is 14.0. The number of primary amides is 1. The summed E-state index contributed by atoms with van der Waals surface area (Å²) in [5, 5.41) is 0. The van der Waals surface area contributed by atoms with Crippen LogP contribution >= 0.6 is 0 Å². The molecule has 0 saturated carbocycles. The molecular formula is C17H18F3N3O2. The van der Waals surface area contributed by atoms with E-state index in [1.807, 2.05) is 0 Å². The molecule has 1 aromatic carbocycles. The average molecular weight is 353 g/mol. The van der Waals surface area contributed by atoms with Crippen molar-refractivity contribution in [2.45, 2.75) is 19.2 Å². The van der Waals surface area contributed by atoms with E-state index in [2.05, 4.69) is 4.98 Å². The standard InChI is InChI=1S/C17H18F3N3O2/c1-10(16(21)24)25-13-6-4-5-11(7-13)14-8-12(17(18,19)20)9-15(22-14)23(2)3/h4-10H,1-3H3,(H2,21,24). The van der Waals surface area contributed by atoms with Gasteiger partial charge in [-0.2, -0.15) is 13.2 Å². The zero-order valence-electron chi connectivity index (χ0n) is 14.0. The predicted molar refractivity (Wildman–Crippen MR) is 88.3 cm³/mol. The highest BCUT2D eigenvalue weighted by molar-refractivity contribution is 5.78. The van der Waals surface area contributed by atoms with Crippen LogP contribution in [0.5, 0.6) is 5.75 Å². The van der Waals surface area contributed by atoms with E-state index in [4.69, 9.17) is 10.5 Å². The van der Waals surface area contributed by atoms with Crippen molar-refractivity contribution in [1.82, 2.24) is 4.98 Å². The third kappa shape index (κ3) is 4.62. The molecule has 5 nitrogen and oxygen atoms in total. The maximum atomic E-state index is 13.1. The van der Waals surface area contributed by atoms with E-state index >= 15 is 0 Å². The number of carbonyl (C=O) groups is 1. The summed E-state index contributed by atoms with van der Waals surface area (Å²) in [5.41, 5.74) is 4.94. The van der Waals surface area contributed by atoms with Gasteiger partial charge in [-0.15, -0.1) is 0 Å². The van der Waals surface area contributed by atoms with Crippen molar-refractivity contribution < 1.29 is 22.7 Å². The highest BCUT2D eigenvalue weighted by Crippen LogP contribution is 2.34. The van der Waals surface area contributed by atoms with E-state index in [9.17, 15) is 18.0 Å². The van der Waals surface area contributed by atoms with Gasteiger partial charge in [0.1, 0.15) is 11.6 Å². The Morgan fingerprint density at radius 2 is 1.92 bits per heavy atom. The van der Waals surface area contributed by atoms with Crippen molar-refractivity contribution in [3.63, 3.8) is 0 Å². The summed E-state index contributed by atoms with van der Waals surface area (Å²) < 4.78 is 44.8. The molecule has 1 unspecified atom stereocenters.